The first kappa shape index (κ1) is 14.7. The molecule has 0 aliphatic heterocycles. The number of benzene rings is 2. The lowest BCUT2D eigenvalue weighted by Crippen LogP contribution is -2.31. The van der Waals surface area contributed by atoms with E-state index in [0.29, 0.717) is 30.1 Å². The van der Waals surface area contributed by atoms with E-state index in [1.54, 1.807) is 30.1 Å². The molecule has 0 atom stereocenters. The van der Waals surface area contributed by atoms with Crippen LogP contribution in [0.2, 0.25) is 0 Å². The van der Waals surface area contributed by atoms with Gasteiger partial charge >= 0.3 is 0 Å². The molecule has 0 aliphatic carbocycles. The molecule has 4 N–H and O–H groups in total. The zero-order valence-electron chi connectivity index (χ0n) is 12.0. The largest absolute Gasteiger partial charge is 0.492 e. The quantitative estimate of drug-likeness (QED) is 0.823. The Labute approximate surface area is 124 Å². The summed E-state index contributed by atoms with van der Waals surface area (Å²) >= 11 is 0. The maximum Gasteiger partial charge on any atom is 0.255 e. The Morgan fingerprint density at radius 2 is 1.86 bits per heavy atom. The molecule has 0 fully saturated rings. The number of rotatable bonds is 5. The van der Waals surface area contributed by atoms with Gasteiger partial charge in [0.15, 0.2) is 0 Å². The first-order valence-electron chi connectivity index (χ1n) is 6.66. The van der Waals surface area contributed by atoms with Gasteiger partial charge in [0.2, 0.25) is 0 Å². The summed E-state index contributed by atoms with van der Waals surface area (Å²) in [5.74, 6) is 0.634. The van der Waals surface area contributed by atoms with Crippen LogP contribution in [0.25, 0.3) is 0 Å². The Morgan fingerprint density at radius 1 is 1.14 bits per heavy atom. The molecule has 0 heterocycles. The van der Waals surface area contributed by atoms with Crippen LogP contribution in [0.1, 0.15) is 10.4 Å². The standard InChI is InChI=1S/C16H19N3O2/c1-19(9-10-21-13-5-3-2-4-6-13)16(20)14-8-7-12(17)11-15(14)18/h2-8,11H,9-10,17-18H2,1H3. The third kappa shape index (κ3) is 3.89. The average molecular weight is 285 g/mol. The Kier molecular flexibility index (Phi) is 4.66. The van der Waals surface area contributed by atoms with Crippen LogP contribution in [0, 0.1) is 0 Å². The fraction of sp³-hybridized carbons (Fsp3) is 0.188. The van der Waals surface area contributed by atoms with E-state index < -0.39 is 0 Å². The lowest BCUT2D eigenvalue weighted by atomic mass is 10.1. The molecule has 0 bridgehead atoms. The molecule has 1 amide bonds. The molecule has 0 saturated carbocycles. The summed E-state index contributed by atoms with van der Waals surface area (Å²) in [6, 6.07) is 14.4. The van der Waals surface area contributed by atoms with E-state index in [-0.39, 0.29) is 5.91 Å². The number of para-hydroxylation sites is 1. The lowest BCUT2D eigenvalue weighted by Gasteiger charge is -2.18. The minimum atomic E-state index is -0.149. The molecule has 2 rings (SSSR count). The molecule has 5 heteroatoms. The Morgan fingerprint density at radius 3 is 2.52 bits per heavy atom. The summed E-state index contributed by atoms with van der Waals surface area (Å²) in [7, 11) is 1.71. The maximum absolute atomic E-state index is 12.3. The normalized spacial score (nSPS) is 10.1. The lowest BCUT2D eigenvalue weighted by molar-refractivity contribution is 0.0775. The second-order valence-corrected chi connectivity index (χ2v) is 4.73. The Balaban J connectivity index is 1.90. The summed E-state index contributed by atoms with van der Waals surface area (Å²) < 4.78 is 5.57. The minimum Gasteiger partial charge on any atom is -0.492 e. The molecule has 0 spiro atoms. The molecule has 0 aliphatic rings. The van der Waals surface area contributed by atoms with Gasteiger partial charge in [-0.2, -0.15) is 0 Å². The summed E-state index contributed by atoms with van der Waals surface area (Å²) in [5, 5.41) is 0. The molecule has 2 aromatic carbocycles. The van der Waals surface area contributed by atoms with Crippen molar-refractivity contribution >= 4 is 17.3 Å². The molecular weight excluding hydrogens is 266 g/mol. The van der Waals surface area contributed by atoms with Crippen molar-refractivity contribution in [3.05, 3.63) is 54.1 Å². The number of hydrogen-bond donors (Lipinski definition) is 2. The van der Waals surface area contributed by atoms with Gasteiger partial charge in [-0.15, -0.1) is 0 Å². The topological polar surface area (TPSA) is 81.6 Å². The minimum absolute atomic E-state index is 0.149. The van der Waals surface area contributed by atoms with Gasteiger partial charge in [-0.25, -0.2) is 0 Å². The number of carbonyl (C=O) groups is 1. The second-order valence-electron chi connectivity index (χ2n) is 4.73. The molecule has 0 unspecified atom stereocenters. The average Bonchev–Trinajstić information content (AvgIpc) is 2.47. The maximum atomic E-state index is 12.3. The van der Waals surface area contributed by atoms with Crippen LogP contribution in [0.15, 0.2) is 48.5 Å². The van der Waals surface area contributed by atoms with E-state index in [4.69, 9.17) is 16.2 Å². The number of nitrogens with two attached hydrogens (primary N) is 2. The first-order valence-corrected chi connectivity index (χ1v) is 6.66. The molecule has 0 saturated heterocycles. The number of amides is 1. The van der Waals surface area contributed by atoms with Crippen molar-refractivity contribution in [2.75, 3.05) is 31.7 Å². The molecular formula is C16H19N3O2. The van der Waals surface area contributed by atoms with Gasteiger partial charge in [0.05, 0.1) is 12.1 Å². The zero-order valence-corrected chi connectivity index (χ0v) is 12.0. The highest BCUT2D eigenvalue weighted by Crippen LogP contribution is 2.17. The summed E-state index contributed by atoms with van der Waals surface area (Å²) in [6.45, 7) is 0.888. The van der Waals surface area contributed by atoms with Crippen LogP contribution in [-0.4, -0.2) is 31.0 Å². The van der Waals surface area contributed by atoms with Crippen LogP contribution in [-0.2, 0) is 0 Å². The van der Waals surface area contributed by atoms with Gasteiger partial charge in [-0.1, -0.05) is 18.2 Å². The number of carbonyl (C=O) groups excluding carboxylic acids is 1. The van der Waals surface area contributed by atoms with Crippen LogP contribution in [0.3, 0.4) is 0 Å². The zero-order chi connectivity index (χ0) is 15.2. The van der Waals surface area contributed by atoms with Crippen molar-refractivity contribution in [3.8, 4) is 5.75 Å². The highest BCUT2D eigenvalue weighted by molar-refractivity contribution is 5.99. The van der Waals surface area contributed by atoms with E-state index in [1.807, 2.05) is 30.3 Å². The molecule has 110 valence electrons. The number of nitrogens with zero attached hydrogens (tertiary/aromatic N) is 1. The molecule has 0 radical (unpaired) electrons. The van der Waals surface area contributed by atoms with Gasteiger partial charge in [-0.05, 0) is 30.3 Å². The van der Waals surface area contributed by atoms with Gasteiger partial charge in [0.25, 0.3) is 5.91 Å². The molecule has 5 nitrogen and oxygen atoms in total. The SMILES string of the molecule is CN(CCOc1ccccc1)C(=O)c1ccc(N)cc1N. The fourth-order valence-corrected chi connectivity index (χ4v) is 1.90. The fourth-order valence-electron chi connectivity index (χ4n) is 1.90. The number of hydrogen-bond acceptors (Lipinski definition) is 4. The van der Waals surface area contributed by atoms with Crippen LogP contribution in [0.4, 0.5) is 11.4 Å². The smallest absolute Gasteiger partial charge is 0.255 e. The Bertz CT molecular complexity index is 614. The molecule has 2 aromatic rings. The number of likely N-dealkylation sites (N-methyl/N-ethyl adjacent to an activating group) is 1. The first-order chi connectivity index (χ1) is 10.1. The number of anilines is 2. The van der Waals surface area contributed by atoms with Crippen molar-refractivity contribution in [1.82, 2.24) is 4.90 Å². The number of ether oxygens (including phenoxy) is 1. The van der Waals surface area contributed by atoms with Gasteiger partial charge < -0.3 is 21.1 Å². The Hall–Kier alpha value is -2.69. The van der Waals surface area contributed by atoms with E-state index in [1.165, 1.54) is 0 Å². The van der Waals surface area contributed by atoms with Crippen LogP contribution < -0.4 is 16.2 Å². The van der Waals surface area contributed by atoms with Crippen LogP contribution in [0.5, 0.6) is 5.75 Å². The summed E-state index contributed by atoms with van der Waals surface area (Å²) in [5.41, 5.74) is 12.8. The predicted molar refractivity (Wildman–Crippen MR) is 84.2 cm³/mol. The van der Waals surface area contributed by atoms with E-state index >= 15 is 0 Å². The van der Waals surface area contributed by atoms with Crippen molar-refractivity contribution in [1.29, 1.82) is 0 Å². The highest BCUT2D eigenvalue weighted by atomic mass is 16.5. The summed E-state index contributed by atoms with van der Waals surface area (Å²) in [4.78, 5) is 13.8. The monoisotopic (exact) mass is 285 g/mol. The number of nitrogen functional groups attached to an aromatic ring is 2. The van der Waals surface area contributed by atoms with Gasteiger partial charge in [0, 0.05) is 18.4 Å². The van der Waals surface area contributed by atoms with E-state index in [0.717, 1.165) is 5.75 Å². The second kappa shape index (κ2) is 6.65. The van der Waals surface area contributed by atoms with E-state index in [9.17, 15) is 4.79 Å². The predicted octanol–water partition coefficient (Wildman–Crippen LogP) is 2.00. The van der Waals surface area contributed by atoms with Crippen molar-refractivity contribution in [2.24, 2.45) is 0 Å². The highest BCUT2D eigenvalue weighted by Gasteiger charge is 2.14. The van der Waals surface area contributed by atoms with Gasteiger partial charge in [0.1, 0.15) is 12.4 Å². The molecule has 0 aromatic heterocycles. The van der Waals surface area contributed by atoms with Gasteiger partial charge in [-0.3, -0.25) is 4.79 Å². The van der Waals surface area contributed by atoms with Crippen LogP contribution >= 0.6 is 0 Å². The third-order valence-corrected chi connectivity index (χ3v) is 3.09. The van der Waals surface area contributed by atoms with Crippen molar-refractivity contribution in [2.45, 2.75) is 0 Å². The molecule has 21 heavy (non-hydrogen) atoms. The van der Waals surface area contributed by atoms with Crippen molar-refractivity contribution in [3.63, 3.8) is 0 Å². The van der Waals surface area contributed by atoms with Crippen molar-refractivity contribution < 1.29 is 9.53 Å². The van der Waals surface area contributed by atoms with E-state index in [2.05, 4.69) is 0 Å². The summed E-state index contributed by atoms with van der Waals surface area (Å²) in [6.07, 6.45) is 0. The third-order valence-electron chi connectivity index (χ3n) is 3.09.